The zero-order chi connectivity index (χ0) is 54.3. The summed E-state index contributed by atoms with van der Waals surface area (Å²) in [5.41, 5.74) is 11.1. The second-order valence-corrected chi connectivity index (χ2v) is 22.8. The van der Waals surface area contributed by atoms with Gasteiger partial charge in [0, 0.05) is 44.8 Å². The summed E-state index contributed by atoms with van der Waals surface area (Å²) in [6.45, 7) is 23.2. The Morgan fingerprint density at radius 2 is 0.987 bits per heavy atom. The maximum absolute atomic E-state index is 14.7. The fourth-order valence-electron chi connectivity index (χ4n) is 9.46. The van der Waals surface area contributed by atoms with Crippen molar-refractivity contribution in [1.82, 2.24) is 4.98 Å². The van der Waals surface area contributed by atoms with Gasteiger partial charge in [-0.3, -0.25) is 24.0 Å². The number of amides is 4. The molecule has 1 aromatic heterocycles. The highest BCUT2D eigenvalue weighted by Gasteiger charge is 2.60. The second-order valence-electron chi connectivity index (χ2n) is 22.8. The third-order valence-electron chi connectivity index (χ3n) is 13.7. The maximum atomic E-state index is 14.7. The standard InChI is InChI=1S/C66H63N5O5/c1-41-36-42(2)67-56(37-41)69-60(72)48-22-20-47(21-23-48)58-57-59(76-71(58)55-32-28-52(29-33-55)66(9,10)11)63(75)70(62(57)74)54-34-30-53(31-35-54)68-61(73)49-39-45(14-12-43-16-24-50(25-17-43)64(3,4)5)38-46(40-49)15-13-44-18-26-51(27-19-44)65(6,7)8/h16-40,57-59H,1-11H3,(H,68,73)(H,67,69,72)/t57-,58?,59+/m1/s1. The average Bonchev–Trinajstić information content (AvgIpc) is 3.89. The molecule has 0 spiro atoms. The van der Waals surface area contributed by atoms with Gasteiger partial charge in [-0.1, -0.05) is 135 Å². The maximum Gasteiger partial charge on any atom is 0.266 e. The van der Waals surface area contributed by atoms with E-state index in [0.29, 0.717) is 50.7 Å². The number of hydrogen-bond donors (Lipinski definition) is 2. The molecule has 10 nitrogen and oxygen atoms in total. The van der Waals surface area contributed by atoms with E-state index in [0.717, 1.165) is 32.8 Å². The number of aromatic nitrogens is 1. The number of imide groups is 1. The summed E-state index contributed by atoms with van der Waals surface area (Å²) in [7, 11) is 0. The van der Waals surface area contributed by atoms with Gasteiger partial charge in [-0.2, -0.15) is 0 Å². The molecule has 76 heavy (non-hydrogen) atoms. The van der Waals surface area contributed by atoms with Crippen LogP contribution in [0.1, 0.15) is 145 Å². The molecule has 2 saturated heterocycles. The summed E-state index contributed by atoms with van der Waals surface area (Å²) in [5, 5.41) is 7.52. The number of carbonyl (C=O) groups is 4. The highest BCUT2D eigenvalue weighted by molar-refractivity contribution is 6.24. The zero-order valence-corrected chi connectivity index (χ0v) is 45.0. The number of nitrogens with one attached hydrogen (secondary N) is 2. The molecular formula is C66H63N5O5. The minimum Gasteiger partial charge on any atom is -0.322 e. The van der Waals surface area contributed by atoms with Crippen LogP contribution in [0.5, 0.6) is 0 Å². The third kappa shape index (κ3) is 11.5. The molecule has 0 bridgehead atoms. The smallest absolute Gasteiger partial charge is 0.266 e. The van der Waals surface area contributed by atoms with Gasteiger partial charge in [-0.15, -0.1) is 0 Å². The SMILES string of the molecule is Cc1cc(C)nc(NC(=O)c2ccc(C3[C@H]4C(=O)N(c5ccc(NC(=O)c6cc(C#Cc7ccc(C(C)(C)C)cc7)cc(C#Cc7ccc(C(C)(C)C)cc7)c6)cc5)C(=O)[C@H]4ON3c3ccc(C(C)(C)C)cc3)cc2)c1. The van der Waals surface area contributed by atoms with E-state index in [9.17, 15) is 19.2 Å². The van der Waals surface area contributed by atoms with Crippen LogP contribution in [0.2, 0.25) is 0 Å². The molecule has 0 aliphatic carbocycles. The van der Waals surface area contributed by atoms with Gasteiger partial charge in [0.1, 0.15) is 11.7 Å². The third-order valence-corrected chi connectivity index (χ3v) is 13.7. The Kier molecular flexibility index (Phi) is 14.2. The van der Waals surface area contributed by atoms with Gasteiger partial charge in [0.25, 0.3) is 17.7 Å². The van der Waals surface area contributed by atoms with Crippen LogP contribution in [0.25, 0.3) is 0 Å². The summed E-state index contributed by atoms with van der Waals surface area (Å²) >= 11 is 0. The number of nitrogens with zero attached hydrogens (tertiary/aromatic N) is 3. The van der Waals surface area contributed by atoms with Crippen molar-refractivity contribution >= 4 is 46.5 Å². The largest absolute Gasteiger partial charge is 0.322 e. The first kappa shape index (κ1) is 52.3. The normalized spacial score (nSPS) is 16.3. The fraction of sp³-hybridized carbons (Fsp3) is 0.258. The Morgan fingerprint density at radius 3 is 1.49 bits per heavy atom. The van der Waals surface area contributed by atoms with Gasteiger partial charge >= 0.3 is 0 Å². The second kappa shape index (κ2) is 20.6. The van der Waals surface area contributed by atoms with Crippen LogP contribution in [0.15, 0.2) is 152 Å². The van der Waals surface area contributed by atoms with Gasteiger partial charge in [-0.05, 0) is 161 Å². The van der Waals surface area contributed by atoms with E-state index in [2.05, 4.69) is 126 Å². The first-order valence-electron chi connectivity index (χ1n) is 25.6. The average molecular weight is 1010 g/mol. The van der Waals surface area contributed by atoms with Crippen molar-refractivity contribution in [3.63, 3.8) is 0 Å². The van der Waals surface area contributed by atoms with Gasteiger partial charge < -0.3 is 10.6 Å². The Balaban J connectivity index is 0.963. The van der Waals surface area contributed by atoms with Crippen LogP contribution in [-0.2, 0) is 30.7 Å². The molecule has 9 rings (SSSR count). The van der Waals surface area contributed by atoms with Crippen LogP contribution >= 0.6 is 0 Å². The van der Waals surface area contributed by atoms with Crippen molar-refractivity contribution in [2.75, 3.05) is 20.6 Å². The van der Waals surface area contributed by atoms with Gasteiger partial charge in [0.05, 0.1) is 17.4 Å². The topological polar surface area (TPSA) is 121 Å². The highest BCUT2D eigenvalue weighted by atomic mass is 16.7. The Hall–Kier alpha value is -8.57. The van der Waals surface area contributed by atoms with Crippen LogP contribution in [0.4, 0.5) is 22.9 Å². The van der Waals surface area contributed by atoms with Crippen molar-refractivity contribution in [3.8, 4) is 23.7 Å². The minimum absolute atomic E-state index is 0.0107. The minimum atomic E-state index is -1.13. The summed E-state index contributed by atoms with van der Waals surface area (Å²) in [5.74, 6) is 10.9. The lowest BCUT2D eigenvalue weighted by Gasteiger charge is -2.29. The molecule has 382 valence electrons. The Labute approximate surface area is 446 Å². The molecule has 3 heterocycles. The van der Waals surface area contributed by atoms with Gasteiger partial charge in [-0.25, -0.2) is 14.9 Å². The molecule has 6 aromatic carbocycles. The van der Waals surface area contributed by atoms with E-state index >= 15 is 0 Å². The number of hydroxylamine groups is 1. The van der Waals surface area contributed by atoms with Crippen molar-refractivity contribution in [1.29, 1.82) is 0 Å². The molecule has 2 N–H and O–H groups in total. The number of anilines is 4. The van der Waals surface area contributed by atoms with E-state index in [1.807, 2.05) is 80.6 Å². The number of rotatable bonds is 7. The van der Waals surface area contributed by atoms with E-state index in [1.54, 1.807) is 65.7 Å². The number of fused-ring (bicyclic) bond motifs is 1. The molecule has 2 aliphatic rings. The molecule has 0 saturated carbocycles. The summed E-state index contributed by atoms with van der Waals surface area (Å²) in [6, 6.07) is 46.3. The molecule has 0 radical (unpaired) electrons. The number of carbonyl (C=O) groups excluding carboxylic acids is 4. The fourth-order valence-corrected chi connectivity index (χ4v) is 9.46. The van der Waals surface area contributed by atoms with Crippen molar-refractivity contribution in [3.05, 3.63) is 219 Å². The van der Waals surface area contributed by atoms with Crippen molar-refractivity contribution in [2.45, 2.75) is 105 Å². The monoisotopic (exact) mass is 1010 g/mol. The molecule has 4 amide bonds. The molecule has 7 aromatic rings. The van der Waals surface area contributed by atoms with Gasteiger partial charge in [0.15, 0.2) is 6.10 Å². The highest BCUT2D eigenvalue weighted by Crippen LogP contribution is 2.48. The van der Waals surface area contributed by atoms with Crippen molar-refractivity contribution in [2.24, 2.45) is 5.92 Å². The van der Waals surface area contributed by atoms with Crippen LogP contribution in [-0.4, -0.2) is 34.7 Å². The number of pyridine rings is 1. The lowest BCUT2D eigenvalue weighted by atomic mass is 9.87. The quantitative estimate of drug-likeness (QED) is 0.120. The predicted molar refractivity (Wildman–Crippen MR) is 302 cm³/mol. The first-order valence-corrected chi connectivity index (χ1v) is 25.6. The van der Waals surface area contributed by atoms with Crippen LogP contribution in [0, 0.1) is 43.4 Å². The Morgan fingerprint density at radius 1 is 0.513 bits per heavy atom. The number of benzene rings is 6. The summed E-state index contributed by atoms with van der Waals surface area (Å²) in [4.78, 5) is 68.7. The molecule has 1 unspecified atom stereocenters. The Bertz CT molecular complexity index is 3390. The number of hydrogen-bond acceptors (Lipinski definition) is 7. The summed E-state index contributed by atoms with van der Waals surface area (Å²) in [6.07, 6.45) is -1.13. The van der Waals surface area contributed by atoms with Crippen LogP contribution in [0.3, 0.4) is 0 Å². The molecule has 3 atom stereocenters. The zero-order valence-electron chi connectivity index (χ0n) is 45.0. The van der Waals surface area contributed by atoms with Crippen molar-refractivity contribution < 1.29 is 24.0 Å². The molecule has 2 fully saturated rings. The first-order chi connectivity index (χ1) is 36.0. The lowest BCUT2D eigenvalue weighted by molar-refractivity contribution is -0.126. The molecule has 2 aliphatic heterocycles. The van der Waals surface area contributed by atoms with Gasteiger partial charge in [0.2, 0.25) is 5.91 Å². The number of aryl methyl sites for hydroxylation is 2. The van der Waals surface area contributed by atoms with Crippen LogP contribution < -0.4 is 20.6 Å². The predicted octanol–water partition coefficient (Wildman–Crippen LogP) is 12.9. The van der Waals surface area contributed by atoms with E-state index in [-0.39, 0.29) is 28.1 Å². The molecule has 10 heteroatoms. The lowest BCUT2D eigenvalue weighted by Crippen LogP contribution is -2.37. The van der Waals surface area contributed by atoms with E-state index in [4.69, 9.17) is 4.84 Å². The summed E-state index contributed by atoms with van der Waals surface area (Å²) < 4.78 is 0. The van der Waals surface area contributed by atoms with E-state index < -0.39 is 29.9 Å². The molecular weight excluding hydrogens is 943 g/mol. The van der Waals surface area contributed by atoms with E-state index in [1.165, 1.54) is 11.1 Å².